The fourth-order valence-electron chi connectivity index (χ4n) is 2.09. The monoisotopic (exact) mass is 290 g/mol. The largest absolute Gasteiger partial charge is 0.342 e. The summed E-state index contributed by atoms with van der Waals surface area (Å²) in [6.07, 6.45) is 3.60. The van der Waals surface area contributed by atoms with Gasteiger partial charge in [0, 0.05) is 24.9 Å². The first-order valence-corrected chi connectivity index (χ1v) is 6.41. The molecule has 0 radical (unpaired) electrons. The van der Waals surface area contributed by atoms with E-state index in [9.17, 15) is 8.78 Å². The maximum absolute atomic E-state index is 13.7. The number of nitrogens with zero attached hydrogens (tertiary/aromatic N) is 3. The molecule has 3 aromatic rings. The molecular formula is C14H12F2N4O. The van der Waals surface area contributed by atoms with E-state index in [1.54, 1.807) is 12.4 Å². The molecule has 7 heteroatoms. The van der Waals surface area contributed by atoms with Crippen LogP contribution in [0.5, 0.6) is 0 Å². The Morgan fingerprint density at radius 1 is 1.33 bits per heavy atom. The molecule has 21 heavy (non-hydrogen) atoms. The third kappa shape index (κ3) is 2.81. The van der Waals surface area contributed by atoms with Crippen molar-refractivity contribution in [1.82, 2.24) is 20.1 Å². The molecule has 108 valence electrons. The molecule has 3 rings (SSSR count). The Morgan fingerprint density at radius 3 is 2.90 bits per heavy atom. The first kappa shape index (κ1) is 13.4. The molecule has 0 amide bonds. The molecule has 1 unspecified atom stereocenters. The molecule has 0 saturated heterocycles. The summed E-state index contributed by atoms with van der Waals surface area (Å²) >= 11 is 0. The van der Waals surface area contributed by atoms with Crippen LogP contribution in [0.2, 0.25) is 0 Å². The number of hydrogen-bond donors (Lipinski definition) is 1. The van der Waals surface area contributed by atoms with Crippen molar-refractivity contribution in [2.75, 3.05) is 0 Å². The van der Waals surface area contributed by atoms with E-state index >= 15 is 0 Å². The third-order valence-corrected chi connectivity index (χ3v) is 3.15. The molecule has 0 spiro atoms. The van der Waals surface area contributed by atoms with Crippen LogP contribution >= 0.6 is 0 Å². The minimum atomic E-state index is -0.596. The zero-order valence-corrected chi connectivity index (χ0v) is 11.2. The van der Waals surface area contributed by atoms with E-state index in [1.807, 2.05) is 6.92 Å². The lowest BCUT2D eigenvalue weighted by atomic mass is 9.97. The number of aromatic nitrogens is 4. The second-order valence-corrected chi connectivity index (χ2v) is 4.72. The summed E-state index contributed by atoms with van der Waals surface area (Å²) in [6, 6.07) is 3.53. The Hall–Kier alpha value is -2.57. The van der Waals surface area contributed by atoms with Crippen LogP contribution in [0.25, 0.3) is 11.6 Å². The average Bonchev–Trinajstić information content (AvgIpc) is 3.08. The smallest absolute Gasteiger partial charge is 0.238 e. The Labute approximate surface area is 119 Å². The Bertz CT molecular complexity index is 739. The second-order valence-electron chi connectivity index (χ2n) is 4.72. The maximum Gasteiger partial charge on any atom is 0.238 e. The van der Waals surface area contributed by atoms with Crippen molar-refractivity contribution in [1.29, 1.82) is 0 Å². The van der Waals surface area contributed by atoms with Gasteiger partial charge in [0.1, 0.15) is 11.6 Å². The fraction of sp³-hybridized carbons (Fsp3) is 0.214. The van der Waals surface area contributed by atoms with Gasteiger partial charge in [-0.1, -0.05) is 18.1 Å². The summed E-state index contributed by atoms with van der Waals surface area (Å²) in [5, 5.41) is 3.81. The lowest BCUT2D eigenvalue weighted by Gasteiger charge is -2.10. The summed E-state index contributed by atoms with van der Waals surface area (Å²) in [6.45, 7) is 1.81. The van der Waals surface area contributed by atoms with Crippen molar-refractivity contribution in [2.24, 2.45) is 0 Å². The average molecular weight is 290 g/mol. The van der Waals surface area contributed by atoms with Gasteiger partial charge in [-0.05, 0) is 17.5 Å². The summed E-state index contributed by atoms with van der Waals surface area (Å²) in [4.78, 5) is 11.1. The van der Waals surface area contributed by atoms with E-state index in [1.165, 1.54) is 12.1 Å². The molecule has 0 aliphatic rings. The predicted octanol–water partition coefficient (Wildman–Crippen LogP) is 3.08. The van der Waals surface area contributed by atoms with Crippen molar-refractivity contribution >= 4 is 0 Å². The fourth-order valence-corrected chi connectivity index (χ4v) is 2.09. The number of benzene rings is 1. The van der Waals surface area contributed by atoms with E-state index in [2.05, 4.69) is 20.1 Å². The second kappa shape index (κ2) is 5.43. The standard InChI is InChI=1S/C14H12F2N4O/c1-8(10-3-2-9(15)7-11(10)16)6-12-19-14(20-21-12)13-17-4-5-18-13/h2-5,7-8H,6H2,1H3,(H,17,18). The van der Waals surface area contributed by atoms with E-state index < -0.39 is 11.6 Å². The zero-order chi connectivity index (χ0) is 14.8. The molecule has 2 heterocycles. The lowest BCUT2D eigenvalue weighted by molar-refractivity contribution is 0.370. The lowest BCUT2D eigenvalue weighted by Crippen LogP contribution is -2.02. The highest BCUT2D eigenvalue weighted by atomic mass is 19.1. The Morgan fingerprint density at radius 2 is 2.19 bits per heavy atom. The summed E-state index contributed by atoms with van der Waals surface area (Å²) < 4.78 is 31.7. The van der Waals surface area contributed by atoms with Gasteiger partial charge in [-0.25, -0.2) is 13.8 Å². The zero-order valence-electron chi connectivity index (χ0n) is 11.2. The van der Waals surface area contributed by atoms with Crippen molar-refractivity contribution < 1.29 is 13.3 Å². The summed E-state index contributed by atoms with van der Waals surface area (Å²) in [5.41, 5.74) is 0.411. The van der Waals surface area contributed by atoms with E-state index in [4.69, 9.17) is 4.52 Å². The van der Waals surface area contributed by atoms with Crippen molar-refractivity contribution in [3.8, 4) is 11.6 Å². The van der Waals surface area contributed by atoms with Crippen molar-refractivity contribution in [3.05, 3.63) is 53.7 Å². The highest BCUT2D eigenvalue weighted by Gasteiger charge is 2.17. The minimum absolute atomic E-state index is 0.212. The molecule has 5 nitrogen and oxygen atoms in total. The van der Waals surface area contributed by atoms with Crippen LogP contribution in [0.4, 0.5) is 8.78 Å². The van der Waals surface area contributed by atoms with Gasteiger partial charge in [-0.3, -0.25) is 0 Å². The summed E-state index contributed by atoms with van der Waals surface area (Å²) in [5.74, 6) is -0.157. The quantitative estimate of drug-likeness (QED) is 0.801. The van der Waals surface area contributed by atoms with Gasteiger partial charge >= 0.3 is 0 Å². The molecule has 0 saturated carbocycles. The van der Waals surface area contributed by atoms with Crippen LogP contribution in [0.1, 0.15) is 24.3 Å². The normalized spacial score (nSPS) is 12.5. The van der Waals surface area contributed by atoms with Gasteiger partial charge in [-0.15, -0.1) is 0 Å². The number of nitrogens with one attached hydrogen (secondary N) is 1. The number of H-pyrrole nitrogens is 1. The molecule has 0 aliphatic heterocycles. The molecule has 0 bridgehead atoms. The minimum Gasteiger partial charge on any atom is -0.342 e. The van der Waals surface area contributed by atoms with Gasteiger partial charge in [0.25, 0.3) is 0 Å². The third-order valence-electron chi connectivity index (χ3n) is 3.15. The maximum atomic E-state index is 13.7. The van der Waals surface area contributed by atoms with Gasteiger partial charge < -0.3 is 9.51 Å². The van der Waals surface area contributed by atoms with Crippen LogP contribution in [-0.2, 0) is 6.42 Å². The van der Waals surface area contributed by atoms with E-state index in [0.717, 1.165) is 6.07 Å². The molecule has 0 fully saturated rings. The van der Waals surface area contributed by atoms with Crippen LogP contribution < -0.4 is 0 Å². The van der Waals surface area contributed by atoms with E-state index in [0.29, 0.717) is 29.5 Å². The first-order chi connectivity index (χ1) is 10.1. The molecular weight excluding hydrogens is 278 g/mol. The van der Waals surface area contributed by atoms with Crippen LogP contribution in [-0.4, -0.2) is 20.1 Å². The molecule has 0 aliphatic carbocycles. The molecule has 2 aromatic heterocycles. The SMILES string of the molecule is CC(Cc1nc(-c2ncc[nH]2)no1)c1ccc(F)cc1F. The highest BCUT2D eigenvalue weighted by molar-refractivity contribution is 5.40. The van der Waals surface area contributed by atoms with Crippen LogP contribution in [0, 0.1) is 11.6 Å². The number of imidazole rings is 1. The Balaban J connectivity index is 1.77. The number of aromatic amines is 1. The van der Waals surface area contributed by atoms with E-state index in [-0.39, 0.29) is 5.92 Å². The van der Waals surface area contributed by atoms with Crippen molar-refractivity contribution in [2.45, 2.75) is 19.3 Å². The molecule has 1 aromatic carbocycles. The highest BCUT2D eigenvalue weighted by Crippen LogP contribution is 2.23. The number of rotatable bonds is 4. The number of halogens is 2. The topological polar surface area (TPSA) is 67.6 Å². The first-order valence-electron chi connectivity index (χ1n) is 6.41. The van der Waals surface area contributed by atoms with Crippen molar-refractivity contribution in [3.63, 3.8) is 0 Å². The predicted molar refractivity (Wildman–Crippen MR) is 70.4 cm³/mol. The molecule has 1 N–H and O–H groups in total. The Kier molecular flexibility index (Phi) is 3.47. The summed E-state index contributed by atoms with van der Waals surface area (Å²) in [7, 11) is 0. The van der Waals surface area contributed by atoms with Gasteiger partial charge in [0.05, 0.1) is 0 Å². The number of hydrogen-bond acceptors (Lipinski definition) is 4. The van der Waals surface area contributed by atoms with Crippen LogP contribution in [0.15, 0.2) is 35.1 Å². The molecule has 1 atom stereocenters. The van der Waals surface area contributed by atoms with Gasteiger partial charge in [-0.2, -0.15) is 4.98 Å². The van der Waals surface area contributed by atoms with Crippen LogP contribution in [0.3, 0.4) is 0 Å². The van der Waals surface area contributed by atoms with Gasteiger partial charge in [0.15, 0.2) is 5.82 Å². The van der Waals surface area contributed by atoms with Gasteiger partial charge in [0.2, 0.25) is 11.7 Å².